The fraction of sp³-hybridized carbons (Fsp3) is 0.619. The second-order valence-electron chi connectivity index (χ2n) is 7.91. The molecule has 1 aliphatic heterocycles. The third kappa shape index (κ3) is 5.88. The number of phenolic OH excluding ortho intramolecular Hbond substituents is 1. The number of piperidine rings is 1. The Morgan fingerprint density at radius 1 is 1.43 bits per heavy atom. The summed E-state index contributed by atoms with van der Waals surface area (Å²) in [7, 11) is 0. The lowest BCUT2D eigenvalue weighted by Gasteiger charge is -2.45. The highest BCUT2D eigenvalue weighted by Gasteiger charge is 2.38. The van der Waals surface area contributed by atoms with Crippen LogP contribution in [-0.4, -0.2) is 64.7 Å². The molecular formula is C21H32N2O4S. The van der Waals surface area contributed by atoms with Gasteiger partial charge in [-0.1, -0.05) is 26.0 Å². The van der Waals surface area contributed by atoms with Crippen LogP contribution in [0.4, 0.5) is 0 Å². The second-order valence-corrected chi connectivity index (χ2v) is 8.89. The quantitative estimate of drug-likeness (QED) is 0.582. The summed E-state index contributed by atoms with van der Waals surface area (Å²) in [6.45, 7) is 6.81. The number of hydrogen-bond acceptors (Lipinski definition) is 5. The molecule has 1 fully saturated rings. The van der Waals surface area contributed by atoms with Crippen molar-refractivity contribution < 1.29 is 19.8 Å². The SMILES string of the molecule is CSCC[C@H](NC(=O)CCN1CC[C@@](C)(c2cccc(O)c2)[C@@H](C)C1)C(=O)O. The first-order valence-corrected chi connectivity index (χ1v) is 11.2. The second kappa shape index (κ2) is 10.2. The van der Waals surface area contributed by atoms with Gasteiger partial charge in [0.15, 0.2) is 0 Å². The van der Waals surface area contributed by atoms with E-state index in [1.807, 2.05) is 18.4 Å². The van der Waals surface area contributed by atoms with Gasteiger partial charge in [-0.05, 0) is 60.4 Å². The average Bonchev–Trinajstić information content (AvgIpc) is 2.66. The summed E-state index contributed by atoms with van der Waals surface area (Å²) in [4.78, 5) is 25.7. The number of rotatable bonds is 9. The van der Waals surface area contributed by atoms with Gasteiger partial charge in [0.2, 0.25) is 5.91 Å². The maximum Gasteiger partial charge on any atom is 0.326 e. The summed E-state index contributed by atoms with van der Waals surface area (Å²) in [5, 5.41) is 21.7. The summed E-state index contributed by atoms with van der Waals surface area (Å²) < 4.78 is 0. The van der Waals surface area contributed by atoms with Crippen molar-refractivity contribution in [1.29, 1.82) is 0 Å². The minimum atomic E-state index is -0.976. The minimum absolute atomic E-state index is 0.0102. The summed E-state index contributed by atoms with van der Waals surface area (Å²) in [6.07, 6.45) is 3.61. The van der Waals surface area contributed by atoms with E-state index in [9.17, 15) is 19.8 Å². The predicted octanol–water partition coefficient (Wildman–Crippen LogP) is 2.70. The number of likely N-dealkylation sites (tertiary alicyclic amines) is 1. The van der Waals surface area contributed by atoms with E-state index in [1.165, 1.54) is 0 Å². The molecule has 0 saturated carbocycles. The number of thioether (sulfide) groups is 1. The number of carbonyl (C=O) groups is 2. The summed E-state index contributed by atoms with van der Waals surface area (Å²) in [5.74, 6) is 0.186. The number of carbonyl (C=O) groups excluding carboxylic acids is 1. The number of benzene rings is 1. The van der Waals surface area contributed by atoms with Crippen molar-refractivity contribution in [3.8, 4) is 5.75 Å². The van der Waals surface area contributed by atoms with Crippen molar-refractivity contribution in [2.75, 3.05) is 31.6 Å². The molecule has 2 rings (SSSR count). The smallest absolute Gasteiger partial charge is 0.326 e. The zero-order valence-electron chi connectivity index (χ0n) is 17.0. The molecule has 6 nitrogen and oxygen atoms in total. The maximum atomic E-state index is 12.2. The number of nitrogens with one attached hydrogen (secondary N) is 1. The molecule has 0 unspecified atom stereocenters. The third-order valence-electron chi connectivity index (χ3n) is 5.97. The number of hydrogen-bond donors (Lipinski definition) is 3. The van der Waals surface area contributed by atoms with Crippen molar-refractivity contribution >= 4 is 23.6 Å². The van der Waals surface area contributed by atoms with Crippen LogP contribution in [0.5, 0.6) is 5.75 Å². The number of aromatic hydroxyl groups is 1. The molecule has 1 aromatic carbocycles. The molecule has 0 aliphatic carbocycles. The summed E-state index contributed by atoms with van der Waals surface area (Å²) in [5.41, 5.74) is 1.14. The lowest BCUT2D eigenvalue weighted by molar-refractivity contribution is -0.141. The fourth-order valence-corrected chi connectivity index (χ4v) is 4.30. The Bertz CT molecular complexity index is 684. The van der Waals surface area contributed by atoms with Crippen LogP contribution >= 0.6 is 11.8 Å². The van der Waals surface area contributed by atoms with Crippen LogP contribution in [0.1, 0.15) is 38.7 Å². The Morgan fingerprint density at radius 3 is 2.79 bits per heavy atom. The molecule has 1 amide bonds. The van der Waals surface area contributed by atoms with E-state index in [1.54, 1.807) is 17.8 Å². The van der Waals surface area contributed by atoms with Gasteiger partial charge in [0, 0.05) is 19.5 Å². The molecule has 28 heavy (non-hydrogen) atoms. The zero-order chi connectivity index (χ0) is 20.7. The highest BCUT2D eigenvalue weighted by atomic mass is 32.2. The van der Waals surface area contributed by atoms with E-state index in [4.69, 9.17) is 0 Å². The number of amides is 1. The third-order valence-corrected chi connectivity index (χ3v) is 6.62. The van der Waals surface area contributed by atoms with Gasteiger partial charge in [-0.3, -0.25) is 4.79 Å². The van der Waals surface area contributed by atoms with Gasteiger partial charge in [0.25, 0.3) is 0 Å². The van der Waals surface area contributed by atoms with Gasteiger partial charge < -0.3 is 20.4 Å². The lowest BCUT2D eigenvalue weighted by Crippen LogP contribution is -2.48. The lowest BCUT2D eigenvalue weighted by atomic mass is 9.68. The number of aliphatic carboxylic acids is 1. The topological polar surface area (TPSA) is 89.9 Å². The minimum Gasteiger partial charge on any atom is -0.508 e. The molecule has 156 valence electrons. The molecule has 0 aromatic heterocycles. The van der Waals surface area contributed by atoms with Gasteiger partial charge >= 0.3 is 5.97 Å². The maximum absolute atomic E-state index is 12.2. The van der Waals surface area contributed by atoms with Gasteiger partial charge in [-0.25, -0.2) is 4.79 Å². The van der Waals surface area contributed by atoms with Crippen molar-refractivity contribution in [3.05, 3.63) is 29.8 Å². The Hall–Kier alpha value is -1.73. The highest BCUT2D eigenvalue weighted by Crippen LogP contribution is 2.40. The molecular weight excluding hydrogens is 376 g/mol. The van der Waals surface area contributed by atoms with Crippen LogP contribution in [0.3, 0.4) is 0 Å². The Balaban J connectivity index is 1.85. The molecule has 0 bridgehead atoms. The largest absolute Gasteiger partial charge is 0.508 e. The first-order valence-electron chi connectivity index (χ1n) is 9.79. The van der Waals surface area contributed by atoms with E-state index in [-0.39, 0.29) is 11.3 Å². The van der Waals surface area contributed by atoms with E-state index < -0.39 is 12.0 Å². The number of phenols is 1. The van der Waals surface area contributed by atoms with E-state index in [0.717, 1.165) is 25.1 Å². The monoisotopic (exact) mass is 408 g/mol. The molecule has 1 heterocycles. The van der Waals surface area contributed by atoms with E-state index >= 15 is 0 Å². The van der Waals surface area contributed by atoms with Crippen molar-refractivity contribution in [3.63, 3.8) is 0 Å². The molecule has 0 radical (unpaired) electrons. The van der Waals surface area contributed by atoms with Gasteiger partial charge in [-0.2, -0.15) is 11.8 Å². The average molecular weight is 409 g/mol. The van der Waals surface area contributed by atoms with Gasteiger partial charge in [0.1, 0.15) is 11.8 Å². The van der Waals surface area contributed by atoms with E-state index in [0.29, 0.717) is 36.8 Å². The van der Waals surface area contributed by atoms with Crippen molar-refractivity contribution in [2.24, 2.45) is 5.92 Å². The van der Waals surface area contributed by atoms with Crippen LogP contribution in [0.15, 0.2) is 24.3 Å². The first kappa shape index (κ1) is 22.6. The van der Waals surface area contributed by atoms with Crippen LogP contribution in [0, 0.1) is 5.92 Å². The van der Waals surface area contributed by atoms with Crippen LogP contribution < -0.4 is 5.32 Å². The number of nitrogens with zero attached hydrogens (tertiary/aromatic N) is 1. The van der Waals surface area contributed by atoms with E-state index in [2.05, 4.69) is 30.1 Å². The zero-order valence-corrected chi connectivity index (χ0v) is 17.8. The predicted molar refractivity (Wildman–Crippen MR) is 113 cm³/mol. The molecule has 1 aromatic rings. The fourth-order valence-electron chi connectivity index (χ4n) is 3.83. The van der Waals surface area contributed by atoms with Crippen LogP contribution in [-0.2, 0) is 15.0 Å². The molecule has 7 heteroatoms. The van der Waals surface area contributed by atoms with Crippen molar-refractivity contribution in [2.45, 2.75) is 44.6 Å². The van der Waals surface area contributed by atoms with Crippen molar-refractivity contribution in [1.82, 2.24) is 10.2 Å². The number of carboxylic acids is 1. The Morgan fingerprint density at radius 2 is 2.18 bits per heavy atom. The molecule has 3 atom stereocenters. The summed E-state index contributed by atoms with van der Waals surface area (Å²) >= 11 is 1.57. The Labute approximate surface area is 171 Å². The molecule has 3 N–H and O–H groups in total. The first-order chi connectivity index (χ1) is 13.3. The normalized spacial score (nSPS) is 23.9. The molecule has 1 aliphatic rings. The highest BCUT2D eigenvalue weighted by molar-refractivity contribution is 7.98. The number of carboxylic acid groups (broad SMARTS) is 1. The van der Waals surface area contributed by atoms with Gasteiger partial charge in [-0.15, -0.1) is 0 Å². The van der Waals surface area contributed by atoms with Crippen LogP contribution in [0.25, 0.3) is 0 Å². The van der Waals surface area contributed by atoms with Gasteiger partial charge in [0.05, 0.1) is 0 Å². The summed E-state index contributed by atoms with van der Waals surface area (Å²) in [6, 6.07) is 6.68. The van der Waals surface area contributed by atoms with Crippen LogP contribution in [0.2, 0.25) is 0 Å². The molecule has 0 spiro atoms. The standard InChI is InChI=1S/C21H32N2O4S/c1-15-14-23(10-7-19(25)22-18(20(26)27)8-12-28-3)11-9-21(15,2)16-5-4-6-17(24)13-16/h4-6,13,15,18,24H,7-12,14H2,1-3H3,(H,22,25)(H,26,27)/t15-,18-,21+/m0/s1. The molecule has 1 saturated heterocycles. The Kier molecular flexibility index (Phi) is 8.19.